The van der Waals surface area contributed by atoms with Gasteiger partial charge >= 0.3 is 0 Å². The Kier molecular flexibility index (Phi) is 3.29. The third-order valence-electron chi connectivity index (χ3n) is 1.87. The van der Waals surface area contributed by atoms with Crippen molar-refractivity contribution in [2.24, 2.45) is 0 Å². The molecule has 0 saturated carbocycles. The number of rotatable bonds is 1. The average molecular weight is 397 g/mol. The van der Waals surface area contributed by atoms with Gasteiger partial charge in [0.05, 0.1) is 0 Å². The van der Waals surface area contributed by atoms with Crippen LogP contribution in [0.4, 0.5) is 0 Å². The normalized spacial score (nSPS) is 9.62. The van der Waals surface area contributed by atoms with E-state index in [4.69, 9.17) is 0 Å². The molecule has 0 unspecified atom stereocenters. The maximum Gasteiger partial charge on any atom is 0.117 e. The summed E-state index contributed by atoms with van der Waals surface area (Å²) in [6.45, 7) is 1.85. The van der Waals surface area contributed by atoms with Crippen LogP contribution >= 0.6 is 0 Å². The van der Waals surface area contributed by atoms with E-state index < -0.39 is 0 Å². The third kappa shape index (κ3) is 1.70. The quantitative estimate of drug-likeness (QED) is 0.676. The minimum absolute atomic E-state index is 0. The van der Waals surface area contributed by atoms with Crippen LogP contribution in [0.5, 0.6) is 0 Å². The van der Waals surface area contributed by atoms with Gasteiger partial charge in [-0.05, 0) is 24.0 Å². The molecule has 0 aliphatic carbocycles. The molecule has 0 spiro atoms. The van der Waals surface area contributed by atoms with E-state index in [1.54, 1.807) is 6.29 Å². The number of aryl methyl sites for hydroxylation is 1. The molecule has 2 heterocycles. The molecule has 2 aromatic heterocycles. The summed E-state index contributed by atoms with van der Waals surface area (Å²) in [6, 6.07) is 5.64. The summed E-state index contributed by atoms with van der Waals surface area (Å²) in [6.07, 6.45) is 3.68. The van der Waals surface area contributed by atoms with Crippen molar-refractivity contribution < 1.29 is 35.9 Å². The molecule has 13 heavy (non-hydrogen) atoms. The number of hydrogen-bond acceptors (Lipinski definition) is 2. The summed E-state index contributed by atoms with van der Waals surface area (Å²) in [4.78, 5) is 14.5. The van der Waals surface area contributed by atoms with Crippen LogP contribution in [0.25, 0.3) is 5.65 Å². The van der Waals surface area contributed by atoms with E-state index in [0.717, 1.165) is 11.3 Å². The van der Waals surface area contributed by atoms with Crippen LogP contribution in [0, 0.1) is 38.0 Å². The predicted molar refractivity (Wildman–Crippen MR) is 44.7 cm³/mol. The molecule has 0 aliphatic rings. The van der Waals surface area contributed by atoms with Gasteiger partial charge in [-0.3, -0.25) is 4.98 Å². The fraction of sp³-hybridized carbons (Fsp3) is 0.111. The summed E-state index contributed by atoms with van der Waals surface area (Å²) in [5.41, 5.74) is 2.01. The van der Waals surface area contributed by atoms with Crippen molar-refractivity contribution in [3.8, 4) is 0 Å². The summed E-state index contributed by atoms with van der Waals surface area (Å²) in [7, 11) is 0. The molecule has 0 radical (unpaired) electrons. The number of nitrogens with zero attached hydrogens (tertiary/aromatic N) is 2. The SMILES string of the molecule is Cc1c([C-]=O)nc2ccccn12.[U]. The Hall–Kier alpha value is -0.588. The molecule has 0 atom stereocenters. The first-order chi connectivity index (χ1) is 5.83. The van der Waals surface area contributed by atoms with E-state index in [1.165, 1.54) is 0 Å². The van der Waals surface area contributed by atoms with Crippen molar-refractivity contribution >= 4 is 11.9 Å². The zero-order valence-electron chi connectivity index (χ0n) is 7.11. The molecule has 0 aliphatic heterocycles. The second-order valence-electron chi connectivity index (χ2n) is 2.58. The average Bonchev–Trinajstić information content (AvgIpc) is 2.44. The van der Waals surface area contributed by atoms with Gasteiger partial charge in [0.2, 0.25) is 0 Å². The Balaban J connectivity index is 0.000000845. The Labute approximate surface area is 99.5 Å². The molecule has 0 amide bonds. The molecule has 0 bridgehead atoms. The summed E-state index contributed by atoms with van der Waals surface area (Å²) < 4.78 is 1.86. The molecule has 0 N–H and O–H groups in total. The van der Waals surface area contributed by atoms with E-state index in [-0.39, 0.29) is 31.1 Å². The second kappa shape index (κ2) is 4.08. The minimum atomic E-state index is 0. The van der Waals surface area contributed by atoms with Crippen LogP contribution in [0.3, 0.4) is 0 Å². The van der Waals surface area contributed by atoms with Gasteiger partial charge in [-0.25, -0.2) is 0 Å². The molecule has 64 valence electrons. The number of carbonyl (C=O) groups excluding carboxylic acids is 1. The predicted octanol–water partition coefficient (Wildman–Crippen LogP) is 1.10. The zero-order valence-corrected chi connectivity index (χ0v) is 11.3. The van der Waals surface area contributed by atoms with Gasteiger partial charge in [0, 0.05) is 37.4 Å². The summed E-state index contributed by atoms with van der Waals surface area (Å²) in [5, 5.41) is 0. The number of fused-ring (bicyclic) bond motifs is 1. The van der Waals surface area contributed by atoms with E-state index in [9.17, 15) is 4.79 Å². The largest absolute Gasteiger partial charge is 0.417 e. The van der Waals surface area contributed by atoms with E-state index in [0.29, 0.717) is 5.69 Å². The zero-order chi connectivity index (χ0) is 8.55. The van der Waals surface area contributed by atoms with E-state index in [1.807, 2.05) is 35.7 Å². The van der Waals surface area contributed by atoms with Crippen molar-refractivity contribution in [2.75, 3.05) is 0 Å². The van der Waals surface area contributed by atoms with Gasteiger partial charge in [-0.1, -0.05) is 18.7 Å². The van der Waals surface area contributed by atoms with Crippen LogP contribution in [-0.4, -0.2) is 15.7 Å². The van der Waals surface area contributed by atoms with Crippen LogP contribution in [0.1, 0.15) is 11.4 Å². The first kappa shape index (κ1) is 10.5. The van der Waals surface area contributed by atoms with Crippen LogP contribution < -0.4 is 0 Å². The Morgan fingerprint density at radius 2 is 2.23 bits per heavy atom. The number of imidazole rings is 1. The van der Waals surface area contributed by atoms with Gasteiger partial charge in [0.1, 0.15) is 5.65 Å². The van der Waals surface area contributed by atoms with Crippen molar-refractivity contribution in [1.82, 2.24) is 9.38 Å². The van der Waals surface area contributed by atoms with Gasteiger partial charge in [0.15, 0.2) is 0 Å². The van der Waals surface area contributed by atoms with Gasteiger partial charge < -0.3 is 9.20 Å². The maximum absolute atomic E-state index is 10.4. The topological polar surface area (TPSA) is 34.4 Å². The fourth-order valence-electron chi connectivity index (χ4n) is 1.22. The minimum Gasteiger partial charge on any atom is -0.417 e. The molecule has 0 fully saturated rings. The molecular weight excluding hydrogens is 390 g/mol. The maximum atomic E-state index is 10.4. The standard InChI is InChI=1S/C9H7N2O.U/c1-7-8(6-12)10-9-4-2-3-5-11(7)9;/h2-5H,1H3;/q-1;. The Morgan fingerprint density at radius 3 is 2.85 bits per heavy atom. The van der Waals surface area contributed by atoms with Crippen LogP contribution in [0.15, 0.2) is 24.4 Å². The van der Waals surface area contributed by atoms with Crippen LogP contribution in [0.2, 0.25) is 0 Å². The molecule has 2 aromatic rings. The van der Waals surface area contributed by atoms with Crippen molar-refractivity contribution in [1.29, 1.82) is 0 Å². The van der Waals surface area contributed by atoms with Crippen LogP contribution in [-0.2, 0) is 4.79 Å². The van der Waals surface area contributed by atoms with Crippen molar-refractivity contribution in [3.05, 3.63) is 35.8 Å². The summed E-state index contributed by atoms with van der Waals surface area (Å²) in [5.74, 6) is 0. The first-order valence-corrected chi connectivity index (χ1v) is 3.65. The Bertz CT molecular complexity index is 436. The van der Waals surface area contributed by atoms with Crippen molar-refractivity contribution in [3.63, 3.8) is 0 Å². The number of hydrogen-bond donors (Lipinski definition) is 0. The molecule has 0 saturated heterocycles. The fourth-order valence-corrected chi connectivity index (χ4v) is 1.22. The van der Waals surface area contributed by atoms with Gasteiger partial charge in [0.25, 0.3) is 0 Å². The smallest absolute Gasteiger partial charge is 0.117 e. The third-order valence-corrected chi connectivity index (χ3v) is 1.87. The number of pyridine rings is 1. The van der Waals surface area contributed by atoms with E-state index in [2.05, 4.69) is 4.98 Å². The van der Waals surface area contributed by atoms with Crippen molar-refractivity contribution in [2.45, 2.75) is 6.92 Å². The molecule has 2 rings (SSSR count). The van der Waals surface area contributed by atoms with Gasteiger partial charge in [-0.2, -0.15) is 0 Å². The molecular formula is C9H7N2OU-. The monoisotopic (exact) mass is 397 g/mol. The Morgan fingerprint density at radius 1 is 1.46 bits per heavy atom. The molecule has 3 nitrogen and oxygen atoms in total. The molecule has 0 aromatic carbocycles. The first-order valence-electron chi connectivity index (χ1n) is 3.65. The summed E-state index contributed by atoms with van der Waals surface area (Å²) >= 11 is 0. The number of aromatic nitrogens is 2. The molecule has 4 heteroatoms. The second-order valence-corrected chi connectivity index (χ2v) is 2.58. The van der Waals surface area contributed by atoms with E-state index >= 15 is 0 Å². The van der Waals surface area contributed by atoms with Gasteiger partial charge in [-0.15, -0.1) is 0 Å².